The SMILES string of the molecule is O=C(N[C@@H](Cc1ccccc1)C(=O)OCc1ccccc1)c1nc[nH]c1C(=O)N1CCc2ccccc2C1. The Balaban J connectivity index is 1.31. The lowest BCUT2D eigenvalue weighted by atomic mass is 9.99. The highest BCUT2D eigenvalue weighted by Crippen LogP contribution is 2.21. The molecule has 0 fully saturated rings. The Morgan fingerprint density at radius 3 is 2.29 bits per heavy atom. The number of aromatic amines is 1. The van der Waals surface area contributed by atoms with Crippen LogP contribution in [0.15, 0.2) is 91.3 Å². The fraction of sp³-hybridized carbons (Fsp3) is 0.200. The zero-order valence-corrected chi connectivity index (χ0v) is 20.8. The number of carbonyl (C=O) groups excluding carboxylic acids is 3. The van der Waals surface area contributed by atoms with Gasteiger partial charge in [0.15, 0.2) is 5.69 Å². The Morgan fingerprint density at radius 2 is 1.55 bits per heavy atom. The minimum absolute atomic E-state index is 0.0530. The van der Waals surface area contributed by atoms with Crippen LogP contribution in [0.25, 0.3) is 0 Å². The minimum atomic E-state index is -0.963. The molecule has 2 heterocycles. The lowest BCUT2D eigenvalue weighted by Crippen LogP contribution is -2.44. The maximum atomic E-state index is 13.3. The molecule has 1 aliphatic rings. The molecule has 0 spiro atoms. The lowest BCUT2D eigenvalue weighted by molar-refractivity contribution is -0.147. The number of benzene rings is 3. The van der Waals surface area contributed by atoms with Crippen molar-refractivity contribution >= 4 is 17.8 Å². The smallest absolute Gasteiger partial charge is 0.329 e. The number of nitrogens with one attached hydrogen (secondary N) is 2. The maximum absolute atomic E-state index is 13.3. The van der Waals surface area contributed by atoms with E-state index in [1.165, 1.54) is 11.9 Å². The van der Waals surface area contributed by atoms with E-state index in [9.17, 15) is 14.4 Å². The molecule has 0 aliphatic carbocycles. The number of nitrogens with zero attached hydrogens (tertiary/aromatic N) is 2. The molecule has 2 N–H and O–H groups in total. The highest BCUT2D eigenvalue weighted by atomic mass is 16.5. The van der Waals surface area contributed by atoms with E-state index in [4.69, 9.17) is 4.74 Å². The van der Waals surface area contributed by atoms with E-state index in [0.717, 1.165) is 23.1 Å². The summed E-state index contributed by atoms with van der Waals surface area (Å²) < 4.78 is 5.53. The van der Waals surface area contributed by atoms with E-state index in [1.54, 1.807) is 4.90 Å². The number of carbonyl (C=O) groups is 3. The predicted molar refractivity (Wildman–Crippen MR) is 141 cm³/mol. The molecule has 1 atom stereocenters. The van der Waals surface area contributed by atoms with E-state index in [-0.39, 0.29) is 30.3 Å². The van der Waals surface area contributed by atoms with Crippen LogP contribution in [0.2, 0.25) is 0 Å². The second-order valence-electron chi connectivity index (χ2n) is 9.18. The Hall–Kier alpha value is -4.72. The summed E-state index contributed by atoms with van der Waals surface area (Å²) in [5.74, 6) is -1.50. The van der Waals surface area contributed by atoms with E-state index < -0.39 is 17.9 Å². The van der Waals surface area contributed by atoms with Gasteiger partial charge in [-0.1, -0.05) is 84.9 Å². The third kappa shape index (κ3) is 5.81. The van der Waals surface area contributed by atoms with Gasteiger partial charge in [-0.05, 0) is 28.7 Å². The minimum Gasteiger partial charge on any atom is -0.459 e. The van der Waals surface area contributed by atoms with Crippen molar-refractivity contribution in [3.8, 4) is 0 Å². The molecule has 8 heteroatoms. The van der Waals surface area contributed by atoms with E-state index >= 15 is 0 Å². The van der Waals surface area contributed by atoms with Crippen molar-refractivity contribution in [3.63, 3.8) is 0 Å². The number of fused-ring (bicyclic) bond motifs is 1. The molecule has 3 aromatic carbocycles. The van der Waals surface area contributed by atoms with Crippen molar-refractivity contribution in [1.29, 1.82) is 0 Å². The van der Waals surface area contributed by atoms with Crippen LogP contribution in [-0.2, 0) is 35.5 Å². The number of esters is 1. The molecule has 0 unspecified atom stereocenters. The van der Waals surface area contributed by atoms with Crippen molar-refractivity contribution in [3.05, 3.63) is 125 Å². The molecular weight excluding hydrogens is 480 g/mol. The van der Waals surface area contributed by atoms with Gasteiger partial charge in [0.1, 0.15) is 18.3 Å². The van der Waals surface area contributed by atoms with E-state index in [0.29, 0.717) is 13.1 Å². The molecule has 0 saturated carbocycles. The van der Waals surface area contributed by atoms with Crippen molar-refractivity contribution in [2.75, 3.05) is 6.54 Å². The molecule has 38 heavy (non-hydrogen) atoms. The molecule has 0 saturated heterocycles. The van der Waals surface area contributed by atoms with Crippen LogP contribution in [0.4, 0.5) is 0 Å². The van der Waals surface area contributed by atoms with Gasteiger partial charge in [-0.15, -0.1) is 0 Å². The Morgan fingerprint density at radius 1 is 0.895 bits per heavy atom. The molecule has 0 bridgehead atoms. The van der Waals surface area contributed by atoms with E-state index in [1.807, 2.05) is 78.9 Å². The lowest BCUT2D eigenvalue weighted by Gasteiger charge is -2.28. The average Bonchev–Trinajstić information content (AvgIpc) is 3.46. The normalized spacial score (nSPS) is 13.3. The summed E-state index contributed by atoms with van der Waals surface area (Å²) >= 11 is 0. The first-order valence-electron chi connectivity index (χ1n) is 12.5. The highest BCUT2D eigenvalue weighted by molar-refractivity contribution is 6.05. The fourth-order valence-electron chi connectivity index (χ4n) is 4.56. The van der Waals surface area contributed by atoms with Crippen molar-refractivity contribution in [2.45, 2.75) is 32.0 Å². The highest BCUT2D eigenvalue weighted by Gasteiger charge is 2.30. The number of ether oxygens (including phenoxy) is 1. The van der Waals surface area contributed by atoms with Gasteiger partial charge in [-0.3, -0.25) is 9.59 Å². The summed E-state index contributed by atoms with van der Waals surface area (Å²) in [7, 11) is 0. The van der Waals surface area contributed by atoms with Crippen LogP contribution in [0, 0.1) is 0 Å². The summed E-state index contributed by atoms with van der Waals surface area (Å²) in [5, 5.41) is 2.75. The number of amides is 2. The molecule has 5 rings (SSSR count). The first-order chi connectivity index (χ1) is 18.6. The van der Waals surface area contributed by atoms with Gasteiger partial charge in [0, 0.05) is 19.5 Å². The molecule has 192 valence electrons. The van der Waals surface area contributed by atoms with Gasteiger partial charge < -0.3 is 19.9 Å². The first-order valence-corrected chi connectivity index (χ1v) is 12.5. The summed E-state index contributed by atoms with van der Waals surface area (Å²) in [6.45, 7) is 1.08. The van der Waals surface area contributed by atoms with Crippen LogP contribution in [0.5, 0.6) is 0 Å². The van der Waals surface area contributed by atoms with E-state index in [2.05, 4.69) is 21.4 Å². The van der Waals surface area contributed by atoms with Crippen LogP contribution in [0.3, 0.4) is 0 Å². The topological polar surface area (TPSA) is 104 Å². The molecule has 8 nitrogen and oxygen atoms in total. The summed E-state index contributed by atoms with van der Waals surface area (Å²) in [5.41, 5.74) is 4.05. The number of imidazole rings is 1. The van der Waals surface area contributed by atoms with Gasteiger partial charge in [0.25, 0.3) is 11.8 Å². The largest absolute Gasteiger partial charge is 0.459 e. The van der Waals surface area contributed by atoms with Gasteiger partial charge in [0.2, 0.25) is 0 Å². The molecule has 4 aromatic rings. The Kier molecular flexibility index (Phi) is 7.59. The van der Waals surface area contributed by atoms with Crippen LogP contribution >= 0.6 is 0 Å². The first kappa shape index (κ1) is 25.0. The third-order valence-electron chi connectivity index (χ3n) is 6.58. The standard InChI is InChI=1S/C30H28N4O4/c35-28(26-27(32-20-31-26)29(36)34-16-15-23-13-7-8-14-24(23)18-34)33-25(17-21-9-3-1-4-10-21)30(37)38-19-22-11-5-2-6-12-22/h1-14,20,25H,15-19H2,(H,31,32)(H,33,35)/t25-/m0/s1. The van der Waals surface area contributed by atoms with Crippen LogP contribution in [0.1, 0.15) is 43.2 Å². The van der Waals surface area contributed by atoms with Gasteiger partial charge >= 0.3 is 5.97 Å². The summed E-state index contributed by atoms with van der Waals surface area (Å²) in [6.07, 6.45) is 2.29. The van der Waals surface area contributed by atoms with Crippen LogP contribution in [-0.4, -0.2) is 45.2 Å². The quantitative estimate of drug-likeness (QED) is 0.353. The molecule has 1 aliphatic heterocycles. The second kappa shape index (κ2) is 11.6. The molecule has 2 amide bonds. The maximum Gasteiger partial charge on any atom is 0.329 e. The van der Waals surface area contributed by atoms with Gasteiger partial charge in [-0.2, -0.15) is 0 Å². The third-order valence-corrected chi connectivity index (χ3v) is 6.58. The number of rotatable bonds is 8. The zero-order chi connectivity index (χ0) is 26.3. The summed E-state index contributed by atoms with van der Waals surface area (Å²) in [4.78, 5) is 48.4. The fourth-order valence-corrected chi connectivity index (χ4v) is 4.56. The van der Waals surface area contributed by atoms with Crippen molar-refractivity contribution < 1.29 is 19.1 Å². The van der Waals surface area contributed by atoms with Crippen molar-refractivity contribution in [2.24, 2.45) is 0 Å². The zero-order valence-electron chi connectivity index (χ0n) is 20.8. The molecule has 1 aromatic heterocycles. The van der Waals surface area contributed by atoms with Gasteiger partial charge in [-0.25, -0.2) is 9.78 Å². The number of hydrogen-bond acceptors (Lipinski definition) is 5. The van der Waals surface area contributed by atoms with Gasteiger partial charge in [0.05, 0.1) is 6.33 Å². The predicted octanol–water partition coefficient (Wildman–Crippen LogP) is 3.69. The Bertz CT molecular complexity index is 1420. The molecule has 0 radical (unpaired) electrons. The Labute approximate surface area is 220 Å². The molecular formula is C30H28N4O4. The monoisotopic (exact) mass is 508 g/mol. The number of H-pyrrole nitrogens is 1. The average molecular weight is 509 g/mol. The number of hydrogen-bond donors (Lipinski definition) is 2. The van der Waals surface area contributed by atoms with Crippen molar-refractivity contribution in [1.82, 2.24) is 20.2 Å². The number of aromatic nitrogens is 2. The van der Waals surface area contributed by atoms with Crippen LogP contribution < -0.4 is 5.32 Å². The summed E-state index contributed by atoms with van der Waals surface area (Å²) in [6, 6.07) is 25.7. The second-order valence-corrected chi connectivity index (χ2v) is 9.18.